The molecule has 20 heavy (non-hydrogen) atoms. The smallest absolute Gasteiger partial charge is 0.194 e. The molecule has 0 aliphatic rings. The number of hydrogen-bond acceptors (Lipinski definition) is 1. The van der Waals surface area contributed by atoms with Gasteiger partial charge in [-0.1, -0.05) is 63.4 Å². The van der Waals surface area contributed by atoms with E-state index in [1.165, 1.54) is 5.56 Å². The van der Waals surface area contributed by atoms with Crippen molar-refractivity contribution in [3.05, 3.63) is 69.2 Å². The number of halogens is 3. The van der Waals surface area contributed by atoms with Crippen molar-refractivity contribution < 1.29 is 4.79 Å². The first-order chi connectivity index (χ1) is 9.61. The number of carbonyl (C=O) groups is 1. The fourth-order valence-electron chi connectivity index (χ4n) is 1.92. The van der Waals surface area contributed by atoms with E-state index in [-0.39, 0.29) is 5.78 Å². The van der Waals surface area contributed by atoms with Gasteiger partial charge in [0.1, 0.15) is 0 Å². The number of aryl methyl sites for hydroxylation is 1. The van der Waals surface area contributed by atoms with Crippen LogP contribution in [0.2, 0.25) is 10.0 Å². The van der Waals surface area contributed by atoms with Crippen molar-refractivity contribution in [1.29, 1.82) is 0 Å². The molecule has 104 valence electrons. The largest absolute Gasteiger partial charge is 0.289 e. The van der Waals surface area contributed by atoms with Crippen LogP contribution in [-0.4, -0.2) is 11.1 Å². The molecule has 0 N–H and O–H groups in total. The fraction of sp³-hybridized carbons (Fsp3) is 0.188. The zero-order chi connectivity index (χ0) is 14.5. The van der Waals surface area contributed by atoms with Crippen molar-refractivity contribution in [2.45, 2.75) is 12.8 Å². The van der Waals surface area contributed by atoms with Crippen LogP contribution in [0.4, 0.5) is 0 Å². The van der Waals surface area contributed by atoms with Crippen LogP contribution in [-0.2, 0) is 6.42 Å². The van der Waals surface area contributed by atoms with E-state index in [9.17, 15) is 4.79 Å². The average Bonchev–Trinajstić information content (AvgIpc) is 2.47. The Morgan fingerprint density at radius 1 is 1.05 bits per heavy atom. The minimum Gasteiger partial charge on any atom is -0.289 e. The third kappa shape index (κ3) is 3.85. The van der Waals surface area contributed by atoms with Crippen LogP contribution in [0.1, 0.15) is 27.9 Å². The second kappa shape index (κ2) is 7.26. The van der Waals surface area contributed by atoms with Gasteiger partial charge in [-0.2, -0.15) is 0 Å². The molecular formula is C16H13BrCl2O. The Balaban J connectivity index is 2.22. The lowest BCUT2D eigenvalue weighted by molar-refractivity contribution is 0.103. The summed E-state index contributed by atoms with van der Waals surface area (Å²) in [6, 6.07) is 12.5. The van der Waals surface area contributed by atoms with Crippen molar-refractivity contribution in [2.24, 2.45) is 0 Å². The van der Waals surface area contributed by atoms with Gasteiger partial charge in [0, 0.05) is 21.5 Å². The molecule has 1 nitrogen and oxygen atoms in total. The lowest BCUT2D eigenvalue weighted by atomic mass is 10.0. The van der Waals surface area contributed by atoms with Gasteiger partial charge in [-0.15, -0.1) is 0 Å². The van der Waals surface area contributed by atoms with Gasteiger partial charge < -0.3 is 0 Å². The van der Waals surface area contributed by atoms with E-state index in [0.717, 1.165) is 18.2 Å². The quantitative estimate of drug-likeness (QED) is 0.497. The van der Waals surface area contributed by atoms with Gasteiger partial charge >= 0.3 is 0 Å². The van der Waals surface area contributed by atoms with Crippen molar-refractivity contribution in [3.8, 4) is 0 Å². The first-order valence-corrected chi connectivity index (χ1v) is 8.14. The van der Waals surface area contributed by atoms with E-state index in [1.807, 2.05) is 24.3 Å². The van der Waals surface area contributed by atoms with Crippen LogP contribution in [0.3, 0.4) is 0 Å². The minimum atomic E-state index is -0.107. The van der Waals surface area contributed by atoms with Crippen molar-refractivity contribution in [2.75, 3.05) is 5.33 Å². The molecule has 0 unspecified atom stereocenters. The number of hydrogen-bond donors (Lipinski definition) is 0. The summed E-state index contributed by atoms with van der Waals surface area (Å²) >= 11 is 15.4. The number of alkyl halides is 1. The highest BCUT2D eigenvalue weighted by Crippen LogP contribution is 2.23. The maximum absolute atomic E-state index is 12.4. The maximum atomic E-state index is 12.4. The Bertz CT molecular complexity index is 608. The molecular weight excluding hydrogens is 359 g/mol. The van der Waals surface area contributed by atoms with Gasteiger partial charge in [0.15, 0.2) is 5.78 Å². The standard InChI is InChI=1S/C16H13BrCl2O/c17-9-1-2-11-3-5-12(6-4-11)16(20)14-10-13(18)7-8-15(14)19/h3-8,10H,1-2,9H2. The Labute approximate surface area is 137 Å². The van der Waals surface area contributed by atoms with E-state index in [1.54, 1.807) is 18.2 Å². The number of carbonyl (C=O) groups excluding carboxylic acids is 1. The number of rotatable bonds is 5. The summed E-state index contributed by atoms with van der Waals surface area (Å²) in [4.78, 5) is 12.4. The molecule has 0 saturated heterocycles. The molecule has 0 fully saturated rings. The normalized spacial score (nSPS) is 10.6. The molecule has 0 amide bonds. The van der Waals surface area contributed by atoms with Crippen LogP contribution in [0.15, 0.2) is 42.5 Å². The van der Waals surface area contributed by atoms with Crippen LogP contribution in [0.25, 0.3) is 0 Å². The molecule has 4 heteroatoms. The summed E-state index contributed by atoms with van der Waals surface area (Å²) in [7, 11) is 0. The summed E-state index contributed by atoms with van der Waals surface area (Å²) in [5.74, 6) is -0.107. The lowest BCUT2D eigenvalue weighted by Crippen LogP contribution is -2.02. The zero-order valence-electron chi connectivity index (χ0n) is 10.7. The fourth-order valence-corrected chi connectivity index (χ4v) is 2.58. The van der Waals surface area contributed by atoms with Gasteiger partial charge in [0.05, 0.1) is 5.02 Å². The third-order valence-electron chi connectivity index (χ3n) is 2.99. The monoisotopic (exact) mass is 370 g/mol. The topological polar surface area (TPSA) is 17.1 Å². The van der Waals surface area contributed by atoms with Crippen LogP contribution in [0, 0.1) is 0 Å². The van der Waals surface area contributed by atoms with Crippen molar-refractivity contribution >= 4 is 44.9 Å². The van der Waals surface area contributed by atoms with Gasteiger partial charge in [-0.3, -0.25) is 4.79 Å². The molecule has 0 atom stereocenters. The Morgan fingerprint density at radius 2 is 1.75 bits per heavy atom. The average molecular weight is 372 g/mol. The lowest BCUT2D eigenvalue weighted by Gasteiger charge is -2.06. The zero-order valence-corrected chi connectivity index (χ0v) is 13.8. The van der Waals surface area contributed by atoms with E-state index in [0.29, 0.717) is 21.2 Å². The molecule has 0 spiro atoms. The summed E-state index contributed by atoms with van der Waals surface area (Å²) < 4.78 is 0. The summed E-state index contributed by atoms with van der Waals surface area (Å²) in [5.41, 5.74) is 2.28. The molecule has 2 rings (SSSR count). The summed E-state index contributed by atoms with van der Waals surface area (Å²) in [6.07, 6.45) is 2.07. The van der Waals surface area contributed by atoms with E-state index in [4.69, 9.17) is 23.2 Å². The molecule has 0 aromatic heterocycles. The summed E-state index contributed by atoms with van der Waals surface area (Å²) in [6.45, 7) is 0. The number of benzene rings is 2. The highest BCUT2D eigenvalue weighted by atomic mass is 79.9. The highest BCUT2D eigenvalue weighted by Gasteiger charge is 2.13. The van der Waals surface area contributed by atoms with E-state index in [2.05, 4.69) is 15.9 Å². The molecule has 0 aliphatic carbocycles. The second-order valence-corrected chi connectivity index (χ2v) is 6.08. The van der Waals surface area contributed by atoms with Gasteiger partial charge in [-0.05, 0) is 36.6 Å². The second-order valence-electron chi connectivity index (χ2n) is 4.44. The molecule has 0 bridgehead atoms. The van der Waals surface area contributed by atoms with Gasteiger partial charge in [0.25, 0.3) is 0 Å². The first-order valence-electron chi connectivity index (χ1n) is 6.26. The maximum Gasteiger partial charge on any atom is 0.194 e. The van der Waals surface area contributed by atoms with Gasteiger partial charge in [0.2, 0.25) is 0 Å². The van der Waals surface area contributed by atoms with E-state index < -0.39 is 0 Å². The Kier molecular flexibility index (Phi) is 5.64. The minimum absolute atomic E-state index is 0.107. The Morgan fingerprint density at radius 3 is 2.40 bits per heavy atom. The van der Waals surface area contributed by atoms with Crippen LogP contribution < -0.4 is 0 Å². The van der Waals surface area contributed by atoms with Gasteiger partial charge in [-0.25, -0.2) is 0 Å². The first kappa shape index (κ1) is 15.6. The molecule has 0 aliphatic heterocycles. The van der Waals surface area contributed by atoms with Crippen LogP contribution in [0.5, 0.6) is 0 Å². The molecule has 0 heterocycles. The predicted molar refractivity (Wildman–Crippen MR) is 88.5 cm³/mol. The molecule has 0 radical (unpaired) electrons. The molecule has 2 aromatic carbocycles. The summed E-state index contributed by atoms with van der Waals surface area (Å²) in [5, 5.41) is 1.90. The van der Waals surface area contributed by atoms with E-state index >= 15 is 0 Å². The van der Waals surface area contributed by atoms with Crippen molar-refractivity contribution in [1.82, 2.24) is 0 Å². The molecule has 2 aromatic rings. The predicted octanol–water partition coefficient (Wildman–Crippen LogP) is 5.55. The highest BCUT2D eigenvalue weighted by molar-refractivity contribution is 9.09. The Hall–Kier alpha value is -0.830. The molecule has 0 saturated carbocycles. The number of ketones is 1. The third-order valence-corrected chi connectivity index (χ3v) is 4.11. The van der Waals surface area contributed by atoms with Crippen molar-refractivity contribution in [3.63, 3.8) is 0 Å². The van der Waals surface area contributed by atoms with Crippen LogP contribution >= 0.6 is 39.1 Å². The SMILES string of the molecule is O=C(c1ccc(CCCBr)cc1)c1cc(Cl)ccc1Cl.